The van der Waals surface area contributed by atoms with E-state index in [9.17, 15) is 0 Å². The Hall–Kier alpha value is -1.15. The lowest BCUT2D eigenvalue weighted by atomic mass is 9.82. The summed E-state index contributed by atoms with van der Waals surface area (Å²) in [6.45, 7) is 6.65. The molecule has 0 saturated heterocycles. The van der Waals surface area contributed by atoms with Crippen molar-refractivity contribution < 1.29 is 0 Å². The van der Waals surface area contributed by atoms with Crippen LogP contribution in [-0.2, 0) is 5.41 Å². The predicted molar refractivity (Wildman–Crippen MR) is 67.6 cm³/mol. The van der Waals surface area contributed by atoms with E-state index >= 15 is 0 Å². The zero-order valence-electron chi connectivity index (χ0n) is 9.16. The third-order valence-corrected chi connectivity index (χ3v) is 4.44. The molecule has 1 aromatic carbocycles. The van der Waals surface area contributed by atoms with Gasteiger partial charge in [-0.05, 0) is 18.4 Å². The Kier molecular flexibility index (Phi) is 1.64. The lowest BCUT2D eigenvalue weighted by Gasteiger charge is -2.19. The molecule has 0 aliphatic carbocycles. The third kappa shape index (κ3) is 1.06. The maximum Gasteiger partial charge on any atom is 0.121 e. The molecule has 76 valence electrons. The van der Waals surface area contributed by atoms with E-state index in [2.05, 4.69) is 50.0 Å². The highest BCUT2D eigenvalue weighted by molar-refractivity contribution is 7.23. The lowest BCUT2D eigenvalue weighted by Crippen LogP contribution is -2.22. The van der Waals surface area contributed by atoms with Crippen molar-refractivity contribution in [1.82, 2.24) is 0 Å². The highest BCUT2D eigenvalue weighted by Crippen LogP contribution is 2.49. The van der Waals surface area contributed by atoms with E-state index in [0.29, 0.717) is 0 Å². The molecular weight excluding hydrogens is 202 g/mol. The van der Waals surface area contributed by atoms with Crippen LogP contribution in [0.2, 0.25) is 0 Å². The molecular formula is C13H13NS. The molecule has 0 radical (unpaired) electrons. The largest absolute Gasteiger partial charge is 0.246 e. The van der Waals surface area contributed by atoms with Crippen LogP contribution in [0.1, 0.15) is 26.3 Å². The van der Waals surface area contributed by atoms with Gasteiger partial charge in [-0.3, -0.25) is 0 Å². The average Bonchev–Trinajstić information content (AvgIpc) is 2.64. The van der Waals surface area contributed by atoms with Crippen LogP contribution >= 0.6 is 11.3 Å². The number of aliphatic imine (C=N–C) groups is 1. The second kappa shape index (κ2) is 2.70. The van der Waals surface area contributed by atoms with Crippen molar-refractivity contribution in [3.05, 3.63) is 29.8 Å². The third-order valence-electron chi connectivity index (χ3n) is 3.38. The predicted octanol–water partition coefficient (Wildman–Crippen LogP) is 4.28. The summed E-state index contributed by atoms with van der Waals surface area (Å²) in [4.78, 5) is 4.68. The molecule has 0 amide bonds. The van der Waals surface area contributed by atoms with Gasteiger partial charge in [0.2, 0.25) is 0 Å². The monoisotopic (exact) mass is 215 g/mol. The van der Waals surface area contributed by atoms with E-state index in [1.54, 1.807) is 11.3 Å². The molecule has 1 aliphatic heterocycles. The van der Waals surface area contributed by atoms with Gasteiger partial charge in [-0.15, -0.1) is 11.3 Å². The number of hydrogen-bond acceptors (Lipinski definition) is 2. The van der Waals surface area contributed by atoms with Crippen LogP contribution in [0.4, 0.5) is 5.00 Å². The van der Waals surface area contributed by atoms with Gasteiger partial charge < -0.3 is 0 Å². The van der Waals surface area contributed by atoms with Gasteiger partial charge in [-0.1, -0.05) is 32.0 Å². The Balaban J connectivity index is 2.43. The summed E-state index contributed by atoms with van der Waals surface area (Å²) in [6.07, 6.45) is 0. The first-order chi connectivity index (χ1) is 7.10. The van der Waals surface area contributed by atoms with Crippen molar-refractivity contribution in [2.45, 2.75) is 26.2 Å². The molecule has 3 rings (SSSR count). The van der Waals surface area contributed by atoms with E-state index in [1.807, 2.05) is 0 Å². The Morgan fingerprint density at radius 1 is 1.20 bits per heavy atom. The summed E-state index contributed by atoms with van der Waals surface area (Å²) in [5.41, 5.74) is 2.75. The number of nitrogens with zero attached hydrogens (tertiary/aromatic N) is 1. The molecule has 1 aromatic heterocycles. The van der Waals surface area contributed by atoms with Crippen molar-refractivity contribution >= 4 is 32.1 Å². The number of thiophene rings is 1. The average molecular weight is 215 g/mol. The van der Waals surface area contributed by atoms with Crippen LogP contribution in [0.25, 0.3) is 10.1 Å². The zero-order valence-corrected chi connectivity index (χ0v) is 9.98. The summed E-state index contributed by atoms with van der Waals surface area (Å²) in [5, 5.41) is 2.59. The van der Waals surface area contributed by atoms with E-state index in [-0.39, 0.29) is 5.41 Å². The van der Waals surface area contributed by atoms with Gasteiger partial charge in [0.25, 0.3) is 0 Å². The fourth-order valence-corrected chi connectivity index (χ4v) is 3.47. The summed E-state index contributed by atoms with van der Waals surface area (Å²) >= 11 is 1.80. The molecule has 1 aliphatic rings. The Morgan fingerprint density at radius 2 is 1.93 bits per heavy atom. The molecule has 1 nitrogen and oxygen atoms in total. The maximum absolute atomic E-state index is 4.68. The van der Waals surface area contributed by atoms with E-state index in [4.69, 9.17) is 0 Å². The van der Waals surface area contributed by atoms with Gasteiger partial charge in [0.1, 0.15) is 5.00 Å². The summed E-state index contributed by atoms with van der Waals surface area (Å²) < 4.78 is 1.35. The van der Waals surface area contributed by atoms with Gasteiger partial charge >= 0.3 is 0 Å². The quantitative estimate of drug-likeness (QED) is 0.622. The second-order valence-corrected chi connectivity index (χ2v) is 5.63. The van der Waals surface area contributed by atoms with Crippen molar-refractivity contribution in [3.8, 4) is 0 Å². The van der Waals surface area contributed by atoms with E-state index in [0.717, 1.165) is 0 Å². The normalized spacial score (nSPS) is 17.9. The molecule has 0 N–H and O–H groups in total. The van der Waals surface area contributed by atoms with Gasteiger partial charge in [-0.25, -0.2) is 4.99 Å². The number of fused-ring (bicyclic) bond motifs is 3. The maximum atomic E-state index is 4.68. The smallest absolute Gasteiger partial charge is 0.121 e. The van der Waals surface area contributed by atoms with Crippen LogP contribution in [0.15, 0.2) is 29.3 Å². The summed E-state index contributed by atoms with van der Waals surface area (Å²) in [5.74, 6) is 0. The molecule has 2 heterocycles. The fraction of sp³-hybridized carbons (Fsp3) is 0.308. The highest BCUT2D eigenvalue weighted by atomic mass is 32.1. The summed E-state index contributed by atoms with van der Waals surface area (Å²) in [6, 6.07) is 8.59. The standard InChI is InChI=1S/C13H13NS/c1-8-13(2,3)11-9-6-4-5-7-10(9)15-12(11)14-8/h4-7H,1-3H3. The van der Waals surface area contributed by atoms with Crippen LogP contribution < -0.4 is 0 Å². The first kappa shape index (κ1) is 9.10. The van der Waals surface area contributed by atoms with Gasteiger partial charge in [-0.2, -0.15) is 0 Å². The van der Waals surface area contributed by atoms with E-state index < -0.39 is 0 Å². The fourth-order valence-electron chi connectivity index (χ4n) is 2.19. The minimum Gasteiger partial charge on any atom is -0.246 e. The highest BCUT2D eigenvalue weighted by Gasteiger charge is 2.35. The first-order valence-electron chi connectivity index (χ1n) is 5.18. The minimum atomic E-state index is 0.106. The van der Waals surface area contributed by atoms with Gasteiger partial charge in [0.15, 0.2) is 0 Å². The molecule has 2 aromatic rings. The molecule has 2 heteroatoms. The zero-order chi connectivity index (χ0) is 10.6. The summed E-state index contributed by atoms with van der Waals surface area (Å²) in [7, 11) is 0. The minimum absolute atomic E-state index is 0.106. The molecule has 0 bridgehead atoms. The Morgan fingerprint density at radius 3 is 2.73 bits per heavy atom. The van der Waals surface area contributed by atoms with E-state index in [1.165, 1.54) is 26.4 Å². The molecule has 0 saturated carbocycles. The van der Waals surface area contributed by atoms with Crippen LogP contribution in [-0.4, -0.2) is 5.71 Å². The van der Waals surface area contributed by atoms with Gasteiger partial charge in [0, 0.05) is 21.4 Å². The molecule has 0 unspecified atom stereocenters. The topological polar surface area (TPSA) is 12.4 Å². The van der Waals surface area contributed by atoms with Crippen molar-refractivity contribution in [2.24, 2.45) is 4.99 Å². The SMILES string of the molecule is CC1=Nc2sc3ccccc3c2C1(C)C. The van der Waals surface area contributed by atoms with Crippen LogP contribution in [0.5, 0.6) is 0 Å². The van der Waals surface area contributed by atoms with Crippen molar-refractivity contribution in [3.63, 3.8) is 0 Å². The lowest BCUT2D eigenvalue weighted by molar-refractivity contribution is 0.741. The molecule has 0 fully saturated rings. The van der Waals surface area contributed by atoms with Crippen molar-refractivity contribution in [2.75, 3.05) is 0 Å². The van der Waals surface area contributed by atoms with Crippen molar-refractivity contribution in [1.29, 1.82) is 0 Å². The molecule has 0 spiro atoms. The second-order valence-electron chi connectivity index (χ2n) is 4.60. The Labute approximate surface area is 93.5 Å². The number of rotatable bonds is 0. The first-order valence-corrected chi connectivity index (χ1v) is 6.00. The molecule has 0 atom stereocenters. The number of hydrogen-bond donors (Lipinski definition) is 0. The van der Waals surface area contributed by atoms with Gasteiger partial charge in [0.05, 0.1) is 0 Å². The number of benzene rings is 1. The Bertz CT molecular complexity index is 575. The molecule has 15 heavy (non-hydrogen) atoms. The van der Waals surface area contributed by atoms with Crippen LogP contribution in [0.3, 0.4) is 0 Å². The van der Waals surface area contributed by atoms with Crippen LogP contribution in [0, 0.1) is 0 Å².